The Kier molecular flexibility index (Phi) is 5.19. The highest BCUT2D eigenvalue weighted by Crippen LogP contribution is 2.36. The van der Waals surface area contributed by atoms with E-state index in [-0.39, 0.29) is 0 Å². The molecule has 0 aliphatic carbocycles. The number of amides is 2. The quantitative estimate of drug-likeness (QED) is 0.788. The van der Waals surface area contributed by atoms with Crippen molar-refractivity contribution in [3.63, 3.8) is 0 Å². The number of rotatable bonds is 2. The summed E-state index contributed by atoms with van der Waals surface area (Å²) in [6, 6.07) is 7.99. The summed E-state index contributed by atoms with van der Waals surface area (Å²) in [7, 11) is 0. The average Bonchev–Trinajstić information content (AvgIpc) is 3.23. The predicted octanol–water partition coefficient (Wildman–Crippen LogP) is 3.37. The number of nitrogens with one attached hydrogen (secondary N) is 1. The van der Waals surface area contributed by atoms with Crippen LogP contribution in [0, 0.1) is 18.8 Å². The van der Waals surface area contributed by atoms with Crippen LogP contribution >= 0.6 is 11.8 Å². The number of hydrogen-bond acceptors (Lipinski definition) is 4. The van der Waals surface area contributed by atoms with Crippen LogP contribution in [0.4, 0.5) is 5.82 Å². The lowest BCUT2D eigenvalue weighted by atomic mass is 9.92. The summed E-state index contributed by atoms with van der Waals surface area (Å²) < 4.78 is 1.77. The first-order chi connectivity index (χ1) is 13.4. The molecule has 2 atom stereocenters. The molecule has 148 valence electrons. The Labute approximate surface area is 169 Å². The van der Waals surface area contributed by atoms with E-state index in [9.17, 15) is 9.59 Å². The highest BCUT2D eigenvalue weighted by Gasteiger charge is 2.31. The molecular weight excluding hydrogens is 372 g/mol. The summed E-state index contributed by atoms with van der Waals surface area (Å²) in [5, 5.41) is 7.60. The van der Waals surface area contributed by atoms with Gasteiger partial charge < -0.3 is 10.2 Å². The second-order valence-electron chi connectivity index (χ2n) is 8.13. The number of likely N-dealkylation sites (tertiary alicyclic amines) is 1. The van der Waals surface area contributed by atoms with Gasteiger partial charge in [0.25, 0.3) is 0 Å². The molecule has 28 heavy (non-hydrogen) atoms. The number of thioether (sulfide) groups is 1. The Morgan fingerprint density at radius 2 is 1.93 bits per heavy atom. The molecule has 2 amide bonds. The molecule has 0 bridgehead atoms. The smallest absolute Gasteiger partial charge is 0.315 e. The topological polar surface area (TPSA) is 67.2 Å². The lowest BCUT2D eigenvalue weighted by Crippen LogP contribution is -2.47. The third-order valence-corrected chi connectivity index (χ3v) is 6.35. The Bertz CT molecular complexity index is 913. The molecule has 1 aromatic heterocycles. The molecule has 2 aliphatic rings. The summed E-state index contributed by atoms with van der Waals surface area (Å²) >= 11 is 1.77. The number of anilines is 1. The Morgan fingerprint density at radius 1 is 1.18 bits per heavy atom. The van der Waals surface area contributed by atoms with Crippen LogP contribution in [0.5, 0.6) is 0 Å². The van der Waals surface area contributed by atoms with E-state index in [0.29, 0.717) is 30.7 Å². The molecule has 6 nitrogen and oxygen atoms in total. The number of carbonyl (C=O) groups is 2. The second-order valence-corrected chi connectivity index (χ2v) is 9.11. The van der Waals surface area contributed by atoms with E-state index in [2.05, 4.69) is 19.2 Å². The minimum atomic E-state index is -0.574. The number of piperidine rings is 1. The van der Waals surface area contributed by atoms with Gasteiger partial charge in [-0.05, 0) is 42.9 Å². The average molecular weight is 399 g/mol. The fourth-order valence-electron chi connectivity index (χ4n) is 4.22. The van der Waals surface area contributed by atoms with Gasteiger partial charge in [-0.1, -0.05) is 26.0 Å². The first kappa shape index (κ1) is 19.1. The standard InChI is InChI=1S/C21H26N4O2S/c1-13-5-4-6-16(8-13)25-19(17-11-28-12-18(17)23-25)22-20(26)21(27)24-9-14(2)7-15(3)10-24/h4-6,8,14-15H,7,9-12H2,1-3H3,(H,22,26)/t14-,15+. The van der Waals surface area contributed by atoms with Crippen molar-refractivity contribution in [2.45, 2.75) is 38.7 Å². The monoisotopic (exact) mass is 398 g/mol. The van der Waals surface area contributed by atoms with Gasteiger partial charge in [0, 0.05) is 30.2 Å². The van der Waals surface area contributed by atoms with Crippen LogP contribution < -0.4 is 5.32 Å². The van der Waals surface area contributed by atoms with Crippen molar-refractivity contribution in [1.29, 1.82) is 0 Å². The molecule has 0 unspecified atom stereocenters. The lowest BCUT2D eigenvalue weighted by molar-refractivity contribution is -0.145. The zero-order valence-electron chi connectivity index (χ0n) is 16.6. The first-order valence-electron chi connectivity index (χ1n) is 9.78. The molecule has 0 radical (unpaired) electrons. The molecule has 2 aromatic rings. The van der Waals surface area contributed by atoms with Gasteiger partial charge in [0.2, 0.25) is 0 Å². The molecular formula is C21H26N4O2S. The number of aromatic nitrogens is 2. The summed E-state index contributed by atoms with van der Waals surface area (Å²) in [5.41, 5.74) is 4.01. The molecule has 2 aliphatic heterocycles. The summed E-state index contributed by atoms with van der Waals surface area (Å²) in [5.74, 6) is 2.05. The van der Waals surface area contributed by atoms with Crippen molar-refractivity contribution in [1.82, 2.24) is 14.7 Å². The molecule has 0 spiro atoms. The maximum atomic E-state index is 12.8. The number of fused-ring (bicyclic) bond motifs is 1. The number of hydrogen-bond donors (Lipinski definition) is 1. The molecule has 1 fully saturated rings. The van der Waals surface area contributed by atoms with Gasteiger partial charge in [-0.15, -0.1) is 0 Å². The molecule has 3 heterocycles. The number of carbonyl (C=O) groups excluding carboxylic acids is 2. The van der Waals surface area contributed by atoms with E-state index < -0.39 is 11.8 Å². The van der Waals surface area contributed by atoms with Crippen LogP contribution in [0.3, 0.4) is 0 Å². The number of benzene rings is 1. The van der Waals surface area contributed by atoms with Crippen molar-refractivity contribution in [2.24, 2.45) is 11.8 Å². The summed E-state index contributed by atoms with van der Waals surface area (Å²) in [6.07, 6.45) is 1.09. The van der Waals surface area contributed by atoms with E-state index in [1.54, 1.807) is 21.3 Å². The van der Waals surface area contributed by atoms with Crippen molar-refractivity contribution < 1.29 is 9.59 Å². The molecule has 1 aromatic carbocycles. The van der Waals surface area contributed by atoms with Gasteiger partial charge in [0.1, 0.15) is 5.82 Å². The maximum absolute atomic E-state index is 12.8. The first-order valence-corrected chi connectivity index (χ1v) is 10.9. The lowest BCUT2D eigenvalue weighted by Gasteiger charge is -2.34. The van der Waals surface area contributed by atoms with Crippen LogP contribution in [0.25, 0.3) is 5.69 Å². The second kappa shape index (κ2) is 7.62. The van der Waals surface area contributed by atoms with Gasteiger partial charge in [0.05, 0.1) is 11.4 Å². The fourth-order valence-corrected chi connectivity index (χ4v) is 5.26. The zero-order valence-corrected chi connectivity index (χ0v) is 17.4. The van der Waals surface area contributed by atoms with Crippen LogP contribution in [-0.4, -0.2) is 39.6 Å². The summed E-state index contributed by atoms with van der Waals surface area (Å²) in [6.45, 7) is 7.57. The van der Waals surface area contributed by atoms with E-state index in [4.69, 9.17) is 5.10 Å². The predicted molar refractivity (Wildman–Crippen MR) is 111 cm³/mol. The minimum absolute atomic E-state index is 0.416. The van der Waals surface area contributed by atoms with Crippen LogP contribution in [0.15, 0.2) is 24.3 Å². The minimum Gasteiger partial charge on any atom is -0.334 e. The highest BCUT2D eigenvalue weighted by atomic mass is 32.2. The Balaban J connectivity index is 1.61. The molecule has 1 saturated heterocycles. The van der Waals surface area contributed by atoms with Gasteiger partial charge in [-0.2, -0.15) is 16.9 Å². The molecule has 0 saturated carbocycles. The highest BCUT2D eigenvalue weighted by molar-refractivity contribution is 7.98. The Hall–Kier alpha value is -2.28. The third kappa shape index (κ3) is 3.68. The SMILES string of the molecule is Cc1cccc(-n2nc3c(c2NC(=O)C(=O)N2C[C@H](C)C[C@H](C)C2)CSC3)c1. The van der Waals surface area contributed by atoms with Gasteiger partial charge in [-0.25, -0.2) is 4.68 Å². The van der Waals surface area contributed by atoms with Crippen molar-refractivity contribution in [3.05, 3.63) is 41.1 Å². The van der Waals surface area contributed by atoms with Crippen molar-refractivity contribution in [2.75, 3.05) is 18.4 Å². The van der Waals surface area contributed by atoms with Crippen molar-refractivity contribution in [3.8, 4) is 5.69 Å². The van der Waals surface area contributed by atoms with Crippen LogP contribution in [0.2, 0.25) is 0 Å². The Morgan fingerprint density at radius 3 is 2.64 bits per heavy atom. The largest absolute Gasteiger partial charge is 0.334 e. The number of nitrogens with zero attached hydrogens (tertiary/aromatic N) is 3. The molecule has 7 heteroatoms. The fraction of sp³-hybridized carbons (Fsp3) is 0.476. The van der Waals surface area contributed by atoms with E-state index in [1.807, 2.05) is 31.2 Å². The van der Waals surface area contributed by atoms with Crippen LogP contribution in [-0.2, 0) is 21.1 Å². The zero-order chi connectivity index (χ0) is 19.8. The van der Waals surface area contributed by atoms with Crippen molar-refractivity contribution >= 4 is 29.4 Å². The molecule has 4 rings (SSSR count). The third-order valence-electron chi connectivity index (χ3n) is 5.38. The van der Waals surface area contributed by atoms with E-state index in [0.717, 1.165) is 40.4 Å². The normalized spacial score (nSPS) is 21.5. The van der Waals surface area contributed by atoms with Gasteiger partial charge >= 0.3 is 11.8 Å². The summed E-state index contributed by atoms with van der Waals surface area (Å²) in [4.78, 5) is 27.3. The van der Waals surface area contributed by atoms with E-state index >= 15 is 0 Å². The maximum Gasteiger partial charge on any atom is 0.315 e. The van der Waals surface area contributed by atoms with E-state index in [1.165, 1.54) is 0 Å². The molecule has 1 N–H and O–H groups in total. The van der Waals surface area contributed by atoms with Crippen LogP contribution in [0.1, 0.15) is 37.1 Å². The number of aryl methyl sites for hydroxylation is 1. The van der Waals surface area contributed by atoms with Gasteiger partial charge in [0.15, 0.2) is 0 Å². The van der Waals surface area contributed by atoms with Gasteiger partial charge in [-0.3, -0.25) is 9.59 Å².